The molecule has 0 unspecified atom stereocenters. The highest BCUT2D eigenvalue weighted by Crippen LogP contribution is 2.12. The van der Waals surface area contributed by atoms with Gasteiger partial charge in [-0.05, 0) is 19.8 Å². The second-order valence-electron chi connectivity index (χ2n) is 3.60. The number of carbonyl (C=O) groups excluding carboxylic acids is 2. The number of esters is 1. The smallest absolute Gasteiger partial charge is 0.335 e. The molecule has 0 aromatic carbocycles. The molecular formula is C11H17NO3. The Balaban J connectivity index is 2.42. The van der Waals surface area contributed by atoms with Crippen LogP contribution in [0.3, 0.4) is 0 Å². The number of nitrogens with zero attached hydrogens (tertiary/aromatic N) is 1. The van der Waals surface area contributed by atoms with Gasteiger partial charge in [-0.25, -0.2) is 4.79 Å². The topological polar surface area (TPSA) is 46.6 Å². The molecule has 1 rings (SSSR count). The monoisotopic (exact) mass is 211 g/mol. The van der Waals surface area contributed by atoms with Crippen molar-refractivity contribution in [2.45, 2.75) is 26.2 Å². The second-order valence-corrected chi connectivity index (χ2v) is 3.60. The fourth-order valence-corrected chi connectivity index (χ4v) is 1.56. The van der Waals surface area contributed by atoms with Crippen LogP contribution in [0.15, 0.2) is 12.2 Å². The number of hydrogen-bond acceptors (Lipinski definition) is 3. The zero-order valence-electron chi connectivity index (χ0n) is 9.12. The van der Waals surface area contributed by atoms with Gasteiger partial charge >= 0.3 is 5.97 Å². The first-order valence-corrected chi connectivity index (χ1v) is 5.27. The van der Waals surface area contributed by atoms with Crippen LogP contribution < -0.4 is 0 Å². The number of likely N-dealkylation sites (tertiary alicyclic amines) is 1. The van der Waals surface area contributed by atoms with Crippen molar-refractivity contribution in [2.75, 3.05) is 19.7 Å². The first kappa shape index (κ1) is 11.8. The molecule has 1 amide bonds. The summed E-state index contributed by atoms with van der Waals surface area (Å²) >= 11 is 0. The van der Waals surface area contributed by atoms with Crippen molar-refractivity contribution in [3.8, 4) is 0 Å². The molecule has 1 aliphatic heterocycles. The van der Waals surface area contributed by atoms with Gasteiger partial charge in [-0.3, -0.25) is 4.79 Å². The van der Waals surface area contributed by atoms with E-state index in [1.807, 2.05) is 0 Å². The molecule has 0 saturated carbocycles. The Bertz CT molecular complexity index is 273. The average Bonchev–Trinajstić information content (AvgIpc) is 2.21. The second kappa shape index (κ2) is 5.53. The van der Waals surface area contributed by atoms with Gasteiger partial charge in [0.1, 0.15) is 0 Å². The number of ether oxygens (including phenoxy) is 1. The van der Waals surface area contributed by atoms with Crippen LogP contribution in [0.1, 0.15) is 26.2 Å². The van der Waals surface area contributed by atoms with Gasteiger partial charge in [0, 0.05) is 18.5 Å². The maximum atomic E-state index is 11.4. The van der Waals surface area contributed by atoms with Crippen LogP contribution in [0.25, 0.3) is 0 Å². The van der Waals surface area contributed by atoms with Gasteiger partial charge in [-0.15, -0.1) is 0 Å². The number of hydrogen-bond donors (Lipinski definition) is 0. The van der Waals surface area contributed by atoms with E-state index in [2.05, 4.69) is 6.58 Å². The highest BCUT2D eigenvalue weighted by atomic mass is 16.5. The minimum absolute atomic E-state index is 0.103. The summed E-state index contributed by atoms with van der Waals surface area (Å²) in [4.78, 5) is 24.4. The number of amides is 1. The van der Waals surface area contributed by atoms with Gasteiger partial charge in [0.05, 0.1) is 13.2 Å². The third-order valence-electron chi connectivity index (χ3n) is 2.37. The van der Waals surface area contributed by atoms with Crippen molar-refractivity contribution in [1.29, 1.82) is 0 Å². The van der Waals surface area contributed by atoms with E-state index in [4.69, 9.17) is 4.74 Å². The van der Waals surface area contributed by atoms with E-state index in [-0.39, 0.29) is 5.91 Å². The quantitative estimate of drug-likeness (QED) is 0.517. The molecule has 0 aromatic heterocycles. The van der Waals surface area contributed by atoms with E-state index >= 15 is 0 Å². The van der Waals surface area contributed by atoms with Gasteiger partial charge in [0.2, 0.25) is 5.91 Å². The maximum Gasteiger partial charge on any atom is 0.335 e. The molecule has 0 radical (unpaired) electrons. The summed E-state index contributed by atoms with van der Waals surface area (Å²) in [5, 5.41) is 0. The molecule has 1 heterocycles. The predicted molar refractivity (Wildman–Crippen MR) is 56.2 cm³/mol. The highest BCUT2D eigenvalue weighted by molar-refractivity contribution is 5.89. The standard InChI is InChI=1S/C11H17NO3/c1-3-15-11(14)9(2)8-12-7-5-4-6-10(12)13/h2-8H2,1H3. The van der Waals surface area contributed by atoms with E-state index < -0.39 is 5.97 Å². The molecule has 4 heteroatoms. The van der Waals surface area contributed by atoms with Gasteiger partial charge < -0.3 is 9.64 Å². The Labute approximate surface area is 89.9 Å². The predicted octanol–water partition coefficient (Wildman–Crippen LogP) is 1.12. The summed E-state index contributed by atoms with van der Waals surface area (Å²) < 4.78 is 4.80. The van der Waals surface area contributed by atoms with E-state index in [0.29, 0.717) is 25.1 Å². The van der Waals surface area contributed by atoms with E-state index in [9.17, 15) is 9.59 Å². The minimum Gasteiger partial charge on any atom is -0.463 e. The summed E-state index contributed by atoms with van der Waals surface area (Å²) in [7, 11) is 0. The largest absolute Gasteiger partial charge is 0.463 e. The molecule has 0 atom stereocenters. The SMILES string of the molecule is C=C(CN1CCCCC1=O)C(=O)OCC. The van der Waals surface area contributed by atoms with Gasteiger partial charge in [-0.2, -0.15) is 0 Å². The lowest BCUT2D eigenvalue weighted by atomic mass is 10.1. The van der Waals surface area contributed by atoms with Gasteiger partial charge in [0.15, 0.2) is 0 Å². The van der Waals surface area contributed by atoms with Crippen molar-refractivity contribution in [3.63, 3.8) is 0 Å². The summed E-state index contributed by atoms with van der Waals surface area (Å²) in [5.41, 5.74) is 0.354. The molecule has 1 fully saturated rings. The lowest BCUT2D eigenvalue weighted by molar-refractivity contribution is -0.139. The molecule has 4 nitrogen and oxygen atoms in total. The highest BCUT2D eigenvalue weighted by Gasteiger charge is 2.20. The van der Waals surface area contributed by atoms with Gasteiger partial charge in [0.25, 0.3) is 0 Å². The molecule has 0 bridgehead atoms. The van der Waals surface area contributed by atoms with E-state index in [1.165, 1.54) is 0 Å². The van der Waals surface area contributed by atoms with Crippen LogP contribution in [0.5, 0.6) is 0 Å². The fraction of sp³-hybridized carbons (Fsp3) is 0.636. The summed E-state index contributed by atoms with van der Waals surface area (Å²) in [6.07, 6.45) is 2.53. The van der Waals surface area contributed by atoms with Gasteiger partial charge in [-0.1, -0.05) is 6.58 Å². The van der Waals surface area contributed by atoms with Crippen LogP contribution in [0.4, 0.5) is 0 Å². The molecule has 84 valence electrons. The molecule has 0 aliphatic carbocycles. The van der Waals surface area contributed by atoms with Crippen LogP contribution >= 0.6 is 0 Å². The third kappa shape index (κ3) is 3.38. The number of piperidine rings is 1. The Morgan fingerprint density at radius 1 is 1.53 bits per heavy atom. The first-order chi connectivity index (χ1) is 7.15. The van der Waals surface area contributed by atoms with Crippen molar-refractivity contribution in [1.82, 2.24) is 4.90 Å². The third-order valence-corrected chi connectivity index (χ3v) is 2.37. The van der Waals surface area contributed by atoms with Crippen LogP contribution in [-0.4, -0.2) is 36.5 Å². The summed E-state index contributed by atoms with van der Waals surface area (Å²) in [6.45, 7) is 6.74. The van der Waals surface area contributed by atoms with Crippen LogP contribution in [0.2, 0.25) is 0 Å². The Morgan fingerprint density at radius 2 is 2.27 bits per heavy atom. The van der Waals surface area contributed by atoms with E-state index in [1.54, 1.807) is 11.8 Å². The minimum atomic E-state index is -0.407. The van der Waals surface area contributed by atoms with Crippen molar-refractivity contribution in [3.05, 3.63) is 12.2 Å². The molecular weight excluding hydrogens is 194 g/mol. The molecule has 0 aromatic rings. The summed E-state index contributed by atoms with van der Waals surface area (Å²) in [5.74, 6) is -0.303. The molecule has 0 spiro atoms. The van der Waals surface area contributed by atoms with E-state index in [0.717, 1.165) is 19.4 Å². The Morgan fingerprint density at radius 3 is 2.87 bits per heavy atom. The molecule has 1 saturated heterocycles. The zero-order chi connectivity index (χ0) is 11.3. The van der Waals surface area contributed by atoms with Crippen molar-refractivity contribution >= 4 is 11.9 Å². The first-order valence-electron chi connectivity index (χ1n) is 5.27. The van der Waals surface area contributed by atoms with Crippen molar-refractivity contribution in [2.24, 2.45) is 0 Å². The lowest BCUT2D eigenvalue weighted by Gasteiger charge is -2.26. The van der Waals surface area contributed by atoms with Crippen molar-refractivity contribution < 1.29 is 14.3 Å². The van der Waals surface area contributed by atoms with Crippen LogP contribution in [-0.2, 0) is 14.3 Å². The Kier molecular flexibility index (Phi) is 4.34. The summed E-state index contributed by atoms with van der Waals surface area (Å²) in [6, 6.07) is 0. The number of rotatable bonds is 4. The number of carbonyl (C=O) groups is 2. The zero-order valence-corrected chi connectivity index (χ0v) is 9.12. The molecule has 1 aliphatic rings. The average molecular weight is 211 g/mol. The maximum absolute atomic E-state index is 11.4. The lowest BCUT2D eigenvalue weighted by Crippen LogP contribution is -2.37. The van der Waals surface area contributed by atoms with Crippen LogP contribution in [0, 0.1) is 0 Å². The normalized spacial score (nSPS) is 16.3. The fourth-order valence-electron chi connectivity index (χ4n) is 1.56. The Hall–Kier alpha value is -1.32. The molecule has 0 N–H and O–H groups in total. The molecule has 15 heavy (non-hydrogen) atoms.